The number of sulfonamides is 1. The van der Waals surface area contributed by atoms with Crippen molar-refractivity contribution >= 4 is 15.9 Å². The minimum atomic E-state index is -4.13. The van der Waals surface area contributed by atoms with Gasteiger partial charge in [0.15, 0.2) is 11.5 Å². The van der Waals surface area contributed by atoms with Crippen LogP contribution in [0, 0.1) is 11.3 Å². The zero-order valence-corrected chi connectivity index (χ0v) is 13.8. The predicted molar refractivity (Wildman–Crippen MR) is 85.4 cm³/mol. The van der Waals surface area contributed by atoms with Gasteiger partial charge < -0.3 is 9.47 Å². The summed E-state index contributed by atoms with van der Waals surface area (Å²) >= 11 is 0. The molecule has 0 saturated carbocycles. The zero-order chi connectivity index (χ0) is 17.7. The smallest absolute Gasteiger partial charge is 0.268 e. The fourth-order valence-corrected chi connectivity index (χ4v) is 3.05. The van der Waals surface area contributed by atoms with E-state index in [0.29, 0.717) is 5.75 Å². The number of carbonyl (C=O) groups is 1. The Bertz CT molecular complexity index is 916. The number of nitriles is 1. The second-order valence-corrected chi connectivity index (χ2v) is 6.30. The zero-order valence-electron chi connectivity index (χ0n) is 12.9. The van der Waals surface area contributed by atoms with Crippen LogP contribution in [0.15, 0.2) is 47.4 Å². The fraction of sp³-hybridized carbons (Fsp3) is 0.125. The van der Waals surface area contributed by atoms with Gasteiger partial charge in [-0.1, -0.05) is 12.1 Å². The molecule has 24 heavy (non-hydrogen) atoms. The Balaban J connectivity index is 2.37. The third-order valence-corrected chi connectivity index (χ3v) is 4.48. The van der Waals surface area contributed by atoms with Gasteiger partial charge in [-0.15, -0.1) is 0 Å². The summed E-state index contributed by atoms with van der Waals surface area (Å²) in [6.45, 7) is 0. The summed E-state index contributed by atoms with van der Waals surface area (Å²) in [5, 5.41) is 8.85. The first kappa shape index (κ1) is 17.3. The monoisotopic (exact) mass is 346 g/mol. The van der Waals surface area contributed by atoms with E-state index in [1.165, 1.54) is 44.6 Å². The van der Waals surface area contributed by atoms with Crippen LogP contribution in [0.4, 0.5) is 0 Å². The van der Waals surface area contributed by atoms with Gasteiger partial charge in [-0.2, -0.15) is 5.26 Å². The largest absolute Gasteiger partial charge is 0.493 e. The molecule has 0 fully saturated rings. The molecule has 7 nitrogen and oxygen atoms in total. The number of benzene rings is 2. The van der Waals surface area contributed by atoms with Crippen molar-refractivity contribution in [2.45, 2.75) is 4.90 Å². The van der Waals surface area contributed by atoms with Gasteiger partial charge in [-0.3, -0.25) is 4.79 Å². The third-order valence-electron chi connectivity index (χ3n) is 3.15. The summed E-state index contributed by atoms with van der Waals surface area (Å²) < 4.78 is 36.8. The number of hydrogen-bond acceptors (Lipinski definition) is 6. The van der Waals surface area contributed by atoms with Crippen LogP contribution in [0.5, 0.6) is 11.5 Å². The highest BCUT2D eigenvalue weighted by atomic mass is 32.2. The molecule has 0 saturated heterocycles. The van der Waals surface area contributed by atoms with Crippen molar-refractivity contribution in [2.24, 2.45) is 0 Å². The minimum absolute atomic E-state index is 0.0110. The number of para-hydroxylation sites is 1. The Labute approximate surface area is 139 Å². The van der Waals surface area contributed by atoms with Crippen molar-refractivity contribution in [3.05, 3.63) is 53.6 Å². The average Bonchev–Trinajstić information content (AvgIpc) is 2.60. The Morgan fingerprint density at radius 2 is 1.83 bits per heavy atom. The Morgan fingerprint density at radius 1 is 1.12 bits per heavy atom. The molecular formula is C16H14N2O5S. The Morgan fingerprint density at radius 3 is 2.46 bits per heavy atom. The van der Waals surface area contributed by atoms with E-state index in [2.05, 4.69) is 0 Å². The van der Waals surface area contributed by atoms with Crippen LogP contribution >= 0.6 is 0 Å². The van der Waals surface area contributed by atoms with Crippen LogP contribution in [0.1, 0.15) is 15.9 Å². The topological polar surface area (TPSA) is 105 Å². The molecule has 124 valence electrons. The standard InChI is InChI=1S/C16H14N2O5S/c1-22-14-8-4-7-13(15(14)23-2)16(19)18-24(20,21)12-6-3-5-11(9-12)10-17/h3-9H,1-2H3,(H,18,19). The van der Waals surface area contributed by atoms with E-state index in [1.54, 1.807) is 12.1 Å². The Kier molecular flexibility index (Phi) is 5.06. The highest BCUT2D eigenvalue weighted by molar-refractivity contribution is 7.90. The molecule has 0 unspecified atom stereocenters. The van der Waals surface area contributed by atoms with Crippen LogP contribution in [-0.2, 0) is 10.0 Å². The molecule has 0 spiro atoms. The first-order valence-corrected chi connectivity index (χ1v) is 8.19. The molecule has 0 aliphatic rings. The maximum atomic E-state index is 12.3. The van der Waals surface area contributed by atoms with Gasteiger partial charge in [0.2, 0.25) is 0 Å². The van der Waals surface area contributed by atoms with E-state index in [0.717, 1.165) is 0 Å². The highest BCUT2D eigenvalue weighted by Gasteiger charge is 2.23. The predicted octanol–water partition coefficient (Wildman–Crippen LogP) is 1.69. The molecule has 8 heteroatoms. The molecule has 0 heterocycles. The third kappa shape index (κ3) is 3.47. The van der Waals surface area contributed by atoms with E-state index in [1.807, 2.05) is 10.8 Å². The van der Waals surface area contributed by atoms with Gasteiger partial charge in [0, 0.05) is 0 Å². The number of amides is 1. The molecule has 0 radical (unpaired) electrons. The van der Waals surface area contributed by atoms with E-state index in [9.17, 15) is 13.2 Å². The van der Waals surface area contributed by atoms with Crippen molar-refractivity contribution < 1.29 is 22.7 Å². The quantitative estimate of drug-likeness (QED) is 0.883. The molecule has 2 rings (SSSR count). The highest BCUT2D eigenvalue weighted by Crippen LogP contribution is 2.30. The molecular weight excluding hydrogens is 332 g/mol. The van der Waals surface area contributed by atoms with Crippen LogP contribution in [0.2, 0.25) is 0 Å². The van der Waals surface area contributed by atoms with E-state index < -0.39 is 15.9 Å². The molecule has 1 amide bonds. The second kappa shape index (κ2) is 7.02. The number of nitrogens with one attached hydrogen (secondary N) is 1. The van der Waals surface area contributed by atoms with Gasteiger partial charge in [0.25, 0.3) is 15.9 Å². The summed E-state index contributed by atoms with van der Waals surface area (Å²) in [5.74, 6) is -0.444. The van der Waals surface area contributed by atoms with Crippen molar-refractivity contribution in [2.75, 3.05) is 14.2 Å². The summed E-state index contributed by atoms with van der Waals surface area (Å²) in [7, 11) is -1.38. The van der Waals surface area contributed by atoms with Gasteiger partial charge >= 0.3 is 0 Å². The van der Waals surface area contributed by atoms with Crippen LogP contribution in [0.25, 0.3) is 0 Å². The SMILES string of the molecule is COc1cccc(C(=O)NS(=O)(=O)c2cccc(C#N)c2)c1OC. The first-order chi connectivity index (χ1) is 11.4. The minimum Gasteiger partial charge on any atom is -0.493 e. The number of carbonyl (C=O) groups excluding carboxylic acids is 1. The van der Waals surface area contributed by atoms with Crippen molar-refractivity contribution in [3.63, 3.8) is 0 Å². The second-order valence-electron chi connectivity index (χ2n) is 4.62. The van der Waals surface area contributed by atoms with Crippen LogP contribution in [-0.4, -0.2) is 28.5 Å². The van der Waals surface area contributed by atoms with Crippen molar-refractivity contribution in [1.29, 1.82) is 5.26 Å². The molecule has 0 atom stereocenters. The summed E-state index contributed by atoms with van der Waals surface area (Å²) in [6, 6.07) is 11.7. The molecule has 0 aromatic heterocycles. The molecule has 0 aliphatic heterocycles. The van der Waals surface area contributed by atoms with Gasteiger partial charge in [0.1, 0.15) is 0 Å². The number of rotatable bonds is 5. The van der Waals surface area contributed by atoms with Crippen LogP contribution < -0.4 is 14.2 Å². The van der Waals surface area contributed by atoms with E-state index in [-0.39, 0.29) is 21.8 Å². The first-order valence-electron chi connectivity index (χ1n) is 6.71. The van der Waals surface area contributed by atoms with Crippen LogP contribution in [0.3, 0.4) is 0 Å². The van der Waals surface area contributed by atoms with E-state index in [4.69, 9.17) is 14.7 Å². The molecule has 0 bridgehead atoms. The molecule has 0 aliphatic carbocycles. The lowest BCUT2D eigenvalue weighted by Crippen LogP contribution is -2.31. The van der Waals surface area contributed by atoms with Crippen molar-refractivity contribution in [3.8, 4) is 17.6 Å². The normalized spacial score (nSPS) is 10.5. The fourth-order valence-electron chi connectivity index (χ4n) is 2.03. The lowest BCUT2D eigenvalue weighted by molar-refractivity contribution is 0.0978. The van der Waals surface area contributed by atoms with E-state index >= 15 is 0 Å². The number of ether oxygens (including phenoxy) is 2. The van der Waals surface area contributed by atoms with Crippen molar-refractivity contribution in [1.82, 2.24) is 4.72 Å². The molecule has 2 aromatic carbocycles. The molecule has 1 N–H and O–H groups in total. The lowest BCUT2D eigenvalue weighted by atomic mass is 10.2. The average molecular weight is 346 g/mol. The summed E-state index contributed by atoms with van der Waals surface area (Å²) in [4.78, 5) is 12.2. The number of methoxy groups -OCH3 is 2. The lowest BCUT2D eigenvalue weighted by Gasteiger charge is -2.12. The van der Waals surface area contributed by atoms with Gasteiger partial charge in [-0.05, 0) is 30.3 Å². The Hall–Kier alpha value is -3.05. The molecule has 2 aromatic rings. The van der Waals surface area contributed by atoms with Gasteiger partial charge in [0.05, 0.1) is 36.3 Å². The maximum absolute atomic E-state index is 12.3. The summed E-state index contributed by atoms with van der Waals surface area (Å²) in [6.07, 6.45) is 0. The van der Waals surface area contributed by atoms with Gasteiger partial charge in [-0.25, -0.2) is 13.1 Å². The number of hydrogen-bond donors (Lipinski definition) is 1. The summed E-state index contributed by atoms with van der Waals surface area (Å²) in [5.41, 5.74) is 0.182. The number of nitrogens with zero attached hydrogens (tertiary/aromatic N) is 1. The maximum Gasteiger partial charge on any atom is 0.268 e.